The van der Waals surface area contributed by atoms with Crippen molar-refractivity contribution in [2.24, 2.45) is 0 Å². The van der Waals surface area contributed by atoms with Crippen molar-refractivity contribution in [2.45, 2.75) is 37.5 Å². The summed E-state index contributed by atoms with van der Waals surface area (Å²) in [5.41, 5.74) is -0.219. The second-order valence-corrected chi connectivity index (χ2v) is 6.87. The minimum atomic E-state index is -4.42. The Hall–Kier alpha value is -2.35. The van der Waals surface area contributed by atoms with Crippen molar-refractivity contribution in [1.29, 1.82) is 0 Å². The zero-order valence-electron chi connectivity index (χ0n) is 14.0. The van der Waals surface area contributed by atoms with Gasteiger partial charge in [-0.1, -0.05) is 6.07 Å². The van der Waals surface area contributed by atoms with Crippen molar-refractivity contribution in [3.05, 3.63) is 47.8 Å². The van der Waals surface area contributed by atoms with E-state index < -0.39 is 11.7 Å². The fourth-order valence-electron chi connectivity index (χ4n) is 3.70. The summed E-state index contributed by atoms with van der Waals surface area (Å²) in [6, 6.07) is 7.25. The van der Waals surface area contributed by atoms with Gasteiger partial charge in [-0.25, -0.2) is 4.68 Å². The van der Waals surface area contributed by atoms with Crippen LogP contribution in [0.25, 0.3) is 5.69 Å². The van der Waals surface area contributed by atoms with Crippen molar-refractivity contribution < 1.29 is 18.0 Å². The molecule has 5 nitrogen and oxygen atoms in total. The fraction of sp³-hybridized carbons (Fsp3) is 0.444. The number of rotatable bonds is 2. The minimum Gasteiger partial charge on any atom is -0.336 e. The molecule has 138 valence electrons. The van der Waals surface area contributed by atoms with E-state index >= 15 is 0 Å². The van der Waals surface area contributed by atoms with Crippen LogP contribution in [0.1, 0.15) is 35.3 Å². The van der Waals surface area contributed by atoms with Crippen molar-refractivity contribution in [3.8, 4) is 5.69 Å². The van der Waals surface area contributed by atoms with E-state index in [1.807, 2.05) is 0 Å². The first-order chi connectivity index (χ1) is 12.4. The normalized spacial score (nSPS) is 23.1. The zero-order chi connectivity index (χ0) is 18.3. The maximum atomic E-state index is 12.9. The summed E-state index contributed by atoms with van der Waals surface area (Å²) in [4.78, 5) is 14.5. The Kier molecular flexibility index (Phi) is 4.22. The Morgan fingerprint density at radius 2 is 1.96 bits per heavy atom. The van der Waals surface area contributed by atoms with E-state index in [-0.39, 0.29) is 17.3 Å². The second-order valence-electron chi connectivity index (χ2n) is 6.87. The third-order valence-electron chi connectivity index (χ3n) is 5.06. The molecule has 2 bridgehead atoms. The van der Waals surface area contributed by atoms with Gasteiger partial charge in [0.25, 0.3) is 5.91 Å². The summed E-state index contributed by atoms with van der Waals surface area (Å²) in [6.07, 6.45) is 0.228. The van der Waals surface area contributed by atoms with E-state index in [1.165, 1.54) is 23.0 Å². The number of carbonyl (C=O) groups excluding carboxylic acids is 1. The van der Waals surface area contributed by atoms with Crippen LogP contribution in [-0.2, 0) is 6.18 Å². The zero-order valence-corrected chi connectivity index (χ0v) is 14.0. The van der Waals surface area contributed by atoms with Gasteiger partial charge in [0.15, 0.2) is 5.69 Å². The predicted octanol–water partition coefficient (Wildman–Crippen LogP) is 2.86. The van der Waals surface area contributed by atoms with Crippen molar-refractivity contribution in [3.63, 3.8) is 0 Å². The molecule has 2 fully saturated rings. The van der Waals surface area contributed by atoms with Gasteiger partial charge < -0.3 is 10.2 Å². The number of amides is 1. The van der Waals surface area contributed by atoms with Gasteiger partial charge >= 0.3 is 6.18 Å². The number of likely N-dealkylation sites (tertiary alicyclic amines) is 1. The van der Waals surface area contributed by atoms with Crippen LogP contribution in [-0.4, -0.2) is 45.8 Å². The van der Waals surface area contributed by atoms with Gasteiger partial charge in [0.05, 0.1) is 11.3 Å². The lowest BCUT2D eigenvalue weighted by atomic mass is 10.1. The molecular weight excluding hydrogens is 345 g/mol. The quantitative estimate of drug-likeness (QED) is 0.892. The van der Waals surface area contributed by atoms with Crippen molar-refractivity contribution >= 4 is 5.91 Å². The summed E-state index contributed by atoms with van der Waals surface area (Å²) in [6.45, 7) is 1.31. The minimum absolute atomic E-state index is 0.176. The van der Waals surface area contributed by atoms with Gasteiger partial charge in [-0.2, -0.15) is 18.3 Å². The van der Waals surface area contributed by atoms with Crippen molar-refractivity contribution in [1.82, 2.24) is 20.0 Å². The highest BCUT2D eigenvalue weighted by Crippen LogP contribution is 2.30. The summed E-state index contributed by atoms with van der Waals surface area (Å²) < 4.78 is 39.9. The van der Waals surface area contributed by atoms with E-state index in [0.29, 0.717) is 25.2 Å². The summed E-state index contributed by atoms with van der Waals surface area (Å²) in [5.74, 6) is -0.176. The molecule has 3 heterocycles. The number of fused-ring (bicyclic) bond motifs is 2. The lowest BCUT2D eigenvalue weighted by Crippen LogP contribution is -2.39. The molecule has 2 aromatic rings. The molecule has 2 unspecified atom stereocenters. The topological polar surface area (TPSA) is 50.2 Å². The molecule has 0 spiro atoms. The molecule has 1 N–H and O–H groups in total. The van der Waals surface area contributed by atoms with Gasteiger partial charge in [-0.05, 0) is 43.5 Å². The molecule has 2 atom stereocenters. The largest absolute Gasteiger partial charge is 0.416 e. The lowest BCUT2D eigenvalue weighted by Gasteiger charge is -2.23. The Balaban J connectivity index is 1.53. The van der Waals surface area contributed by atoms with Gasteiger partial charge in [0.2, 0.25) is 0 Å². The first kappa shape index (κ1) is 17.1. The average molecular weight is 364 g/mol. The molecule has 0 saturated carbocycles. The molecule has 0 aliphatic carbocycles. The molecule has 26 heavy (non-hydrogen) atoms. The van der Waals surface area contributed by atoms with Gasteiger partial charge in [-0.3, -0.25) is 4.79 Å². The van der Waals surface area contributed by atoms with Crippen molar-refractivity contribution in [2.75, 3.05) is 13.1 Å². The summed E-state index contributed by atoms with van der Waals surface area (Å²) in [5, 5.41) is 7.72. The highest BCUT2D eigenvalue weighted by molar-refractivity contribution is 5.92. The van der Waals surface area contributed by atoms with Crippen LogP contribution in [0.4, 0.5) is 13.2 Å². The molecule has 2 aliphatic rings. The van der Waals surface area contributed by atoms with Gasteiger partial charge in [-0.15, -0.1) is 0 Å². The second kappa shape index (κ2) is 6.42. The Morgan fingerprint density at radius 3 is 2.77 bits per heavy atom. The van der Waals surface area contributed by atoms with E-state index in [9.17, 15) is 18.0 Å². The predicted molar refractivity (Wildman–Crippen MR) is 89.0 cm³/mol. The number of hydrogen-bond donors (Lipinski definition) is 1. The maximum Gasteiger partial charge on any atom is 0.416 e. The molecule has 1 amide bonds. The molecule has 8 heteroatoms. The van der Waals surface area contributed by atoms with E-state index in [0.717, 1.165) is 31.4 Å². The van der Waals surface area contributed by atoms with Crippen LogP contribution in [0.15, 0.2) is 36.5 Å². The van der Waals surface area contributed by atoms with E-state index in [2.05, 4.69) is 10.4 Å². The number of hydrogen-bond acceptors (Lipinski definition) is 3. The molecule has 1 aromatic carbocycles. The third-order valence-corrected chi connectivity index (χ3v) is 5.06. The third kappa shape index (κ3) is 3.33. The molecular formula is C18H19F3N4O. The summed E-state index contributed by atoms with van der Waals surface area (Å²) in [7, 11) is 0. The Labute approximate surface area is 148 Å². The van der Waals surface area contributed by atoms with E-state index in [1.54, 1.807) is 11.0 Å². The van der Waals surface area contributed by atoms with Gasteiger partial charge in [0.1, 0.15) is 0 Å². The fourth-order valence-corrected chi connectivity index (χ4v) is 3.70. The van der Waals surface area contributed by atoms with Crippen LogP contribution in [0, 0.1) is 0 Å². The average Bonchev–Trinajstić information content (AvgIpc) is 3.20. The first-order valence-corrected chi connectivity index (χ1v) is 8.69. The number of alkyl halides is 3. The van der Waals surface area contributed by atoms with Crippen LogP contribution in [0.3, 0.4) is 0 Å². The summed E-state index contributed by atoms with van der Waals surface area (Å²) >= 11 is 0. The standard InChI is InChI=1S/C18H19F3N4O/c19-18(20,21)12-2-1-3-15(10-12)25-9-7-16(23-25)17(26)24-8-6-13-4-5-14(11-24)22-13/h1-3,7,9-10,13-14,22H,4-6,8,11H2. The highest BCUT2D eigenvalue weighted by Gasteiger charge is 2.32. The number of nitrogens with one attached hydrogen (secondary N) is 1. The molecule has 0 radical (unpaired) electrons. The monoisotopic (exact) mass is 364 g/mol. The molecule has 4 rings (SSSR count). The molecule has 2 aliphatic heterocycles. The molecule has 1 aromatic heterocycles. The van der Waals surface area contributed by atoms with E-state index in [4.69, 9.17) is 0 Å². The Morgan fingerprint density at radius 1 is 1.15 bits per heavy atom. The number of benzene rings is 1. The van der Waals surface area contributed by atoms with Crippen LogP contribution >= 0.6 is 0 Å². The smallest absolute Gasteiger partial charge is 0.336 e. The SMILES string of the molecule is O=C(c1ccn(-c2cccc(C(F)(F)F)c2)n1)N1CCC2CCC(C1)N2. The number of carbonyl (C=O) groups is 1. The number of aromatic nitrogens is 2. The number of halogens is 3. The van der Waals surface area contributed by atoms with Crippen LogP contribution < -0.4 is 5.32 Å². The molecule has 2 saturated heterocycles. The highest BCUT2D eigenvalue weighted by atomic mass is 19.4. The van der Waals surface area contributed by atoms with Gasteiger partial charge in [0, 0.05) is 31.4 Å². The van der Waals surface area contributed by atoms with Crippen LogP contribution in [0.2, 0.25) is 0 Å². The first-order valence-electron chi connectivity index (χ1n) is 8.69. The Bertz CT molecular complexity index is 817. The number of nitrogens with zero attached hydrogens (tertiary/aromatic N) is 3. The van der Waals surface area contributed by atoms with Crippen LogP contribution in [0.5, 0.6) is 0 Å². The maximum absolute atomic E-state index is 12.9. The lowest BCUT2D eigenvalue weighted by molar-refractivity contribution is -0.137.